The van der Waals surface area contributed by atoms with Crippen LogP contribution in [0.3, 0.4) is 0 Å². The molecule has 2 aromatic carbocycles. The Morgan fingerprint density at radius 3 is 1.42 bits per heavy atom. The number of pyridine rings is 2. The molecule has 4 rings (SSSR count). The second-order valence-corrected chi connectivity index (χ2v) is 11.7. The molecule has 204 valence electrons. The summed E-state index contributed by atoms with van der Waals surface area (Å²) >= 11 is 0. The zero-order valence-corrected chi connectivity index (χ0v) is 22.0. The molecule has 2 aromatic heterocycles. The molecule has 0 aliphatic heterocycles. The van der Waals surface area contributed by atoms with Gasteiger partial charge in [0.1, 0.15) is 0 Å². The van der Waals surface area contributed by atoms with E-state index in [0.717, 1.165) is 12.4 Å². The first-order valence-electron chi connectivity index (χ1n) is 11.2. The molecule has 0 fully saturated rings. The summed E-state index contributed by atoms with van der Waals surface area (Å²) in [6.07, 6.45) is 4.73. The smallest absolute Gasteiger partial charge is 0.241 e. The van der Waals surface area contributed by atoms with Crippen LogP contribution in [0.2, 0.25) is 0 Å². The normalized spacial score (nSPS) is 13.6. The number of aliphatic hydroxyl groups is 2. The van der Waals surface area contributed by atoms with Crippen molar-refractivity contribution in [2.24, 2.45) is 0 Å². The van der Waals surface area contributed by atoms with Crippen molar-refractivity contribution < 1.29 is 35.8 Å². The highest BCUT2D eigenvalue weighted by molar-refractivity contribution is 7.90. The van der Waals surface area contributed by atoms with Crippen molar-refractivity contribution in [2.45, 2.75) is 35.7 Å². The van der Waals surface area contributed by atoms with Crippen molar-refractivity contribution in [2.75, 3.05) is 13.2 Å². The number of hydrogen-bond acceptors (Lipinski definition) is 8. The first-order valence-corrected chi connectivity index (χ1v) is 14.2. The number of halogens is 2. The summed E-state index contributed by atoms with van der Waals surface area (Å²) in [4.78, 5) is 7.04. The van der Waals surface area contributed by atoms with Gasteiger partial charge in [-0.3, -0.25) is 9.97 Å². The molecule has 38 heavy (non-hydrogen) atoms. The molecule has 0 spiro atoms. The number of nitrogens with zero attached hydrogens (tertiary/aromatic N) is 2. The van der Waals surface area contributed by atoms with Gasteiger partial charge in [-0.1, -0.05) is 24.3 Å². The monoisotopic (exact) mass is 568 g/mol. The Hall–Kier alpha value is -3.14. The van der Waals surface area contributed by atoms with Gasteiger partial charge in [-0.25, -0.2) is 35.1 Å². The number of rotatable bonds is 8. The average molecular weight is 569 g/mol. The Morgan fingerprint density at radius 1 is 0.711 bits per heavy atom. The van der Waals surface area contributed by atoms with E-state index in [4.69, 9.17) is 10.2 Å². The number of fused-ring (bicyclic) bond motifs is 2. The summed E-state index contributed by atoms with van der Waals surface area (Å²) in [5.41, 5.74) is 0. The standard InChI is InChI=1S/2C12H13FN2O3S/c2*1-8(7-16)15-19(17,18)11-4-2-3-9-5-14-6-10(13)12(9)11/h2*2-6,8,15-16H,7H2,1H3/t2*8-/m00/s1. The van der Waals surface area contributed by atoms with E-state index in [2.05, 4.69) is 19.4 Å². The van der Waals surface area contributed by atoms with Crippen LogP contribution in [-0.2, 0) is 20.0 Å². The highest BCUT2D eigenvalue weighted by Gasteiger charge is 2.22. The summed E-state index contributed by atoms with van der Waals surface area (Å²) in [6, 6.07) is 7.54. The number of aliphatic hydroxyl groups excluding tert-OH is 2. The minimum absolute atomic E-state index is 0.00450. The SMILES string of the molecule is C[C@@H](CO)NS(=O)(=O)c1cccc2cncc(F)c12.C[C@@H](CO)NS(=O)(=O)c1cccc2cncc(F)c12. The Bertz CT molecular complexity index is 1520. The van der Waals surface area contributed by atoms with Crippen LogP contribution in [0.4, 0.5) is 8.78 Å². The van der Waals surface area contributed by atoms with E-state index >= 15 is 0 Å². The Kier molecular flexibility index (Phi) is 9.40. The molecule has 14 heteroatoms. The molecule has 2 atom stereocenters. The second kappa shape index (κ2) is 12.1. The van der Waals surface area contributed by atoms with Crippen LogP contribution < -0.4 is 9.44 Å². The molecule has 0 saturated heterocycles. The van der Waals surface area contributed by atoms with Crippen molar-refractivity contribution in [1.29, 1.82) is 0 Å². The lowest BCUT2D eigenvalue weighted by Gasteiger charge is -2.13. The van der Waals surface area contributed by atoms with Gasteiger partial charge in [0.15, 0.2) is 11.6 Å². The van der Waals surface area contributed by atoms with Crippen molar-refractivity contribution in [3.63, 3.8) is 0 Å². The number of aromatic nitrogens is 2. The van der Waals surface area contributed by atoms with E-state index in [1.54, 1.807) is 12.1 Å². The molecular formula is C24H26F2N4O6S2. The van der Waals surface area contributed by atoms with Gasteiger partial charge in [0.25, 0.3) is 0 Å². The van der Waals surface area contributed by atoms with Crippen LogP contribution in [0.25, 0.3) is 21.5 Å². The molecule has 0 radical (unpaired) electrons. The lowest BCUT2D eigenvalue weighted by molar-refractivity contribution is 0.265. The third-order valence-electron chi connectivity index (χ3n) is 5.24. The highest BCUT2D eigenvalue weighted by Crippen LogP contribution is 2.26. The second-order valence-electron chi connectivity index (χ2n) is 8.36. The molecule has 4 N–H and O–H groups in total. The third-order valence-corrected chi connectivity index (χ3v) is 8.50. The highest BCUT2D eigenvalue weighted by atomic mass is 32.2. The fourth-order valence-electron chi connectivity index (χ4n) is 3.50. The van der Waals surface area contributed by atoms with Gasteiger partial charge in [0.2, 0.25) is 20.0 Å². The maximum Gasteiger partial charge on any atom is 0.241 e. The van der Waals surface area contributed by atoms with E-state index in [-0.39, 0.29) is 33.8 Å². The van der Waals surface area contributed by atoms with E-state index in [1.165, 1.54) is 50.5 Å². The Labute approximate surface area is 218 Å². The minimum atomic E-state index is -3.90. The summed E-state index contributed by atoms with van der Waals surface area (Å²) < 4.78 is 80.8. The number of hydrogen-bond donors (Lipinski definition) is 4. The summed E-state index contributed by atoms with van der Waals surface area (Å²) in [7, 11) is -7.80. The summed E-state index contributed by atoms with van der Waals surface area (Å²) in [5.74, 6) is -1.40. The molecule has 10 nitrogen and oxygen atoms in total. The lowest BCUT2D eigenvalue weighted by Crippen LogP contribution is -2.35. The average Bonchev–Trinajstić information content (AvgIpc) is 2.88. The number of benzene rings is 2. The van der Waals surface area contributed by atoms with Gasteiger partial charge < -0.3 is 10.2 Å². The number of nitrogens with one attached hydrogen (secondary N) is 2. The molecule has 0 saturated carbocycles. The van der Waals surface area contributed by atoms with Crippen LogP contribution in [-0.4, -0.2) is 62.3 Å². The molecule has 0 bridgehead atoms. The summed E-state index contributed by atoms with van der Waals surface area (Å²) in [5, 5.41) is 18.6. The largest absolute Gasteiger partial charge is 0.395 e. The first kappa shape index (κ1) is 29.4. The molecule has 4 aromatic rings. The molecule has 2 heterocycles. The van der Waals surface area contributed by atoms with Crippen LogP contribution in [0.5, 0.6) is 0 Å². The van der Waals surface area contributed by atoms with Gasteiger partial charge in [0, 0.05) is 46.0 Å². The van der Waals surface area contributed by atoms with Crippen LogP contribution in [0.1, 0.15) is 13.8 Å². The molecule has 0 amide bonds. The minimum Gasteiger partial charge on any atom is -0.395 e. The van der Waals surface area contributed by atoms with Gasteiger partial charge in [0.05, 0.1) is 35.4 Å². The van der Waals surface area contributed by atoms with Gasteiger partial charge >= 0.3 is 0 Å². The van der Waals surface area contributed by atoms with Crippen molar-refractivity contribution in [3.05, 3.63) is 72.8 Å². The summed E-state index contributed by atoms with van der Waals surface area (Å²) in [6.45, 7) is 2.35. The van der Waals surface area contributed by atoms with E-state index in [1.807, 2.05) is 0 Å². The van der Waals surface area contributed by atoms with E-state index in [0.29, 0.717) is 10.8 Å². The number of sulfonamides is 2. The Morgan fingerprint density at radius 2 is 1.08 bits per heavy atom. The van der Waals surface area contributed by atoms with Crippen molar-refractivity contribution in [3.8, 4) is 0 Å². The quantitative estimate of drug-likeness (QED) is 0.251. The topological polar surface area (TPSA) is 159 Å². The van der Waals surface area contributed by atoms with Crippen LogP contribution >= 0.6 is 0 Å². The molecule has 0 unspecified atom stereocenters. The van der Waals surface area contributed by atoms with E-state index < -0.39 is 43.8 Å². The zero-order chi connectivity index (χ0) is 28.1. The first-order chi connectivity index (χ1) is 17.9. The fraction of sp³-hybridized carbons (Fsp3) is 0.250. The van der Waals surface area contributed by atoms with Gasteiger partial charge in [-0.15, -0.1) is 0 Å². The van der Waals surface area contributed by atoms with Crippen molar-refractivity contribution >= 4 is 41.6 Å². The molecule has 0 aliphatic rings. The lowest BCUT2D eigenvalue weighted by atomic mass is 10.2. The molecule has 0 aliphatic carbocycles. The van der Waals surface area contributed by atoms with Crippen molar-refractivity contribution in [1.82, 2.24) is 19.4 Å². The van der Waals surface area contributed by atoms with Gasteiger partial charge in [-0.05, 0) is 26.0 Å². The molecular weight excluding hydrogens is 542 g/mol. The van der Waals surface area contributed by atoms with E-state index in [9.17, 15) is 25.6 Å². The van der Waals surface area contributed by atoms with Crippen LogP contribution in [0, 0.1) is 11.6 Å². The van der Waals surface area contributed by atoms with Gasteiger partial charge in [-0.2, -0.15) is 0 Å². The predicted octanol–water partition coefficient (Wildman–Crippen LogP) is 2.07. The Balaban J connectivity index is 0.000000211. The third kappa shape index (κ3) is 6.64. The van der Waals surface area contributed by atoms with Crippen LogP contribution in [0.15, 0.2) is 71.0 Å². The fourth-order valence-corrected chi connectivity index (χ4v) is 6.44. The maximum absolute atomic E-state index is 13.8. The maximum atomic E-state index is 13.8. The predicted molar refractivity (Wildman–Crippen MR) is 137 cm³/mol. The zero-order valence-electron chi connectivity index (χ0n) is 20.3.